The molecule has 0 aliphatic carbocycles. The lowest BCUT2D eigenvalue weighted by Gasteiger charge is -2.23. The molecule has 0 saturated carbocycles. The Morgan fingerprint density at radius 3 is 2.57 bits per heavy atom. The van der Waals surface area contributed by atoms with Crippen LogP contribution < -0.4 is 10.9 Å². The molecule has 0 bridgehead atoms. The highest BCUT2D eigenvalue weighted by Gasteiger charge is 2.19. The zero-order valence-electron chi connectivity index (χ0n) is 13.3. The molecule has 1 heterocycles. The van der Waals surface area contributed by atoms with Gasteiger partial charge in [-0.1, -0.05) is 32.0 Å². The summed E-state index contributed by atoms with van der Waals surface area (Å²) in [6, 6.07) is 11.7. The van der Waals surface area contributed by atoms with Crippen molar-refractivity contribution >= 4 is 5.91 Å². The summed E-state index contributed by atoms with van der Waals surface area (Å²) in [7, 11) is 0. The van der Waals surface area contributed by atoms with Crippen LogP contribution in [0.3, 0.4) is 0 Å². The molecule has 6 heteroatoms. The van der Waals surface area contributed by atoms with Crippen LogP contribution in [0.25, 0.3) is 5.69 Å². The molecular weight excluding hydrogens is 294 g/mol. The average molecular weight is 315 g/mol. The summed E-state index contributed by atoms with van der Waals surface area (Å²) in [6.45, 7) is 4.40. The number of benzene rings is 1. The second kappa shape index (κ2) is 7.19. The Morgan fingerprint density at radius 2 is 1.91 bits per heavy atom. The van der Waals surface area contributed by atoms with E-state index in [-0.39, 0.29) is 29.2 Å². The molecule has 0 radical (unpaired) electrons. The molecule has 2 aromatic rings. The molecule has 0 unspecified atom stereocenters. The summed E-state index contributed by atoms with van der Waals surface area (Å²) >= 11 is 0. The van der Waals surface area contributed by atoms with Crippen molar-refractivity contribution in [2.24, 2.45) is 5.41 Å². The molecular formula is C17H21N3O3. The van der Waals surface area contributed by atoms with E-state index in [2.05, 4.69) is 10.4 Å². The Balaban J connectivity index is 2.18. The number of aliphatic hydroxyl groups is 1. The van der Waals surface area contributed by atoms with Crippen molar-refractivity contribution in [2.75, 3.05) is 13.2 Å². The smallest absolute Gasteiger partial charge is 0.271 e. The van der Waals surface area contributed by atoms with Crippen molar-refractivity contribution in [3.63, 3.8) is 0 Å². The minimum atomic E-state index is -0.347. The Kier molecular flexibility index (Phi) is 5.28. The minimum Gasteiger partial charge on any atom is -0.396 e. The number of carbonyl (C=O) groups excluding carboxylic acids is 1. The van der Waals surface area contributed by atoms with Crippen molar-refractivity contribution < 1.29 is 9.90 Å². The number of rotatable bonds is 6. The summed E-state index contributed by atoms with van der Waals surface area (Å²) in [4.78, 5) is 24.2. The number of hydrogen-bond donors (Lipinski definition) is 2. The lowest BCUT2D eigenvalue weighted by atomic mass is 9.90. The van der Waals surface area contributed by atoms with Crippen LogP contribution >= 0.6 is 0 Å². The second-order valence-electron chi connectivity index (χ2n) is 6.12. The predicted molar refractivity (Wildman–Crippen MR) is 87.7 cm³/mol. The fraction of sp³-hybridized carbons (Fsp3) is 0.353. The highest BCUT2D eigenvalue weighted by atomic mass is 16.3. The van der Waals surface area contributed by atoms with Crippen LogP contribution in [0.15, 0.2) is 47.3 Å². The van der Waals surface area contributed by atoms with E-state index in [1.165, 1.54) is 16.8 Å². The Hall–Kier alpha value is -2.47. The van der Waals surface area contributed by atoms with Gasteiger partial charge in [0, 0.05) is 19.2 Å². The largest absolute Gasteiger partial charge is 0.396 e. The summed E-state index contributed by atoms with van der Waals surface area (Å²) < 4.78 is 1.20. The number of amides is 1. The fourth-order valence-corrected chi connectivity index (χ4v) is 2.09. The first kappa shape index (κ1) is 16.9. The first-order valence-electron chi connectivity index (χ1n) is 7.48. The molecule has 0 aliphatic heterocycles. The van der Waals surface area contributed by atoms with Crippen molar-refractivity contribution in [3.8, 4) is 5.69 Å². The van der Waals surface area contributed by atoms with Gasteiger partial charge in [0.15, 0.2) is 0 Å². The first-order chi connectivity index (χ1) is 10.9. The maximum atomic E-state index is 12.2. The zero-order valence-corrected chi connectivity index (χ0v) is 13.3. The van der Waals surface area contributed by atoms with Crippen LogP contribution in [0.2, 0.25) is 0 Å². The van der Waals surface area contributed by atoms with Crippen LogP contribution in [0.5, 0.6) is 0 Å². The van der Waals surface area contributed by atoms with Gasteiger partial charge in [-0.2, -0.15) is 9.78 Å². The summed E-state index contributed by atoms with van der Waals surface area (Å²) in [5, 5.41) is 15.9. The van der Waals surface area contributed by atoms with Crippen LogP contribution in [0.1, 0.15) is 30.8 Å². The van der Waals surface area contributed by atoms with Gasteiger partial charge in [-0.15, -0.1) is 0 Å². The molecule has 1 aromatic carbocycles. The van der Waals surface area contributed by atoms with E-state index in [0.717, 1.165) is 0 Å². The van der Waals surface area contributed by atoms with E-state index in [9.17, 15) is 9.59 Å². The molecule has 0 spiro atoms. The molecule has 2 N–H and O–H groups in total. The maximum absolute atomic E-state index is 12.2. The second-order valence-corrected chi connectivity index (χ2v) is 6.12. The van der Waals surface area contributed by atoms with E-state index in [4.69, 9.17) is 5.11 Å². The van der Waals surface area contributed by atoms with Crippen LogP contribution in [-0.2, 0) is 0 Å². The third kappa shape index (κ3) is 4.50. The Bertz CT molecular complexity index is 723. The van der Waals surface area contributed by atoms with Crippen LogP contribution in [0, 0.1) is 5.41 Å². The monoisotopic (exact) mass is 315 g/mol. The molecule has 0 saturated heterocycles. The number of nitrogens with one attached hydrogen (secondary N) is 1. The number of aliphatic hydroxyl groups excluding tert-OH is 1. The van der Waals surface area contributed by atoms with Crippen molar-refractivity contribution in [3.05, 3.63) is 58.5 Å². The molecule has 6 nitrogen and oxygen atoms in total. The highest BCUT2D eigenvalue weighted by Crippen LogP contribution is 2.18. The number of hydrogen-bond acceptors (Lipinski definition) is 4. The number of nitrogens with zero attached hydrogens (tertiary/aromatic N) is 2. The molecule has 122 valence electrons. The zero-order chi connectivity index (χ0) is 16.9. The van der Waals surface area contributed by atoms with E-state index >= 15 is 0 Å². The number of aromatic nitrogens is 2. The predicted octanol–water partition coefficient (Wildman–Crippen LogP) is 1.37. The van der Waals surface area contributed by atoms with Gasteiger partial charge in [-0.25, -0.2) is 0 Å². The fourth-order valence-electron chi connectivity index (χ4n) is 2.09. The van der Waals surface area contributed by atoms with Gasteiger partial charge in [0.05, 0.1) is 5.69 Å². The first-order valence-corrected chi connectivity index (χ1v) is 7.48. The van der Waals surface area contributed by atoms with E-state index in [0.29, 0.717) is 18.7 Å². The third-order valence-electron chi connectivity index (χ3n) is 3.55. The van der Waals surface area contributed by atoms with E-state index in [1.54, 1.807) is 24.3 Å². The lowest BCUT2D eigenvalue weighted by Crippen LogP contribution is -2.36. The Morgan fingerprint density at radius 1 is 1.22 bits per heavy atom. The minimum absolute atomic E-state index is 0.0695. The van der Waals surface area contributed by atoms with Gasteiger partial charge >= 0.3 is 0 Å². The molecule has 1 aromatic heterocycles. The number of para-hydroxylation sites is 1. The van der Waals surface area contributed by atoms with Crippen molar-refractivity contribution in [1.29, 1.82) is 0 Å². The topological polar surface area (TPSA) is 84.2 Å². The van der Waals surface area contributed by atoms with Crippen LogP contribution in [0.4, 0.5) is 0 Å². The molecule has 0 atom stereocenters. The maximum Gasteiger partial charge on any atom is 0.271 e. The summed E-state index contributed by atoms with van der Waals surface area (Å²) in [5.74, 6) is -0.347. The summed E-state index contributed by atoms with van der Waals surface area (Å²) in [6.07, 6.45) is 0.588. The SMILES string of the molecule is CC(C)(CCO)CNC(=O)c1ccc(=O)n(-c2ccccc2)n1. The lowest BCUT2D eigenvalue weighted by molar-refractivity contribution is 0.0921. The normalized spacial score (nSPS) is 11.3. The highest BCUT2D eigenvalue weighted by molar-refractivity contribution is 5.92. The van der Waals surface area contributed by atoms with Crippen LogP contribution in [-0.4, -0.2) is 33.9 Å². The molecule has 0 fully saturated rings. The quantitative estimate of drug-likeness (QED) is 0.843. The van der Waals surface area contributed by atoms with Crippen molar-refractivity contribution in [1.82, 2.24) is 15.1 Å². The van der Waals surface area contributed by atoms with E-state index in [1.807, 2.05) is 19.9 Å². The third-order valence-corrected chi connectivity index (χ3v) is 3.55. The number of carbonyl (C=O) groups is 1. The molecule has 2 rings (SSSR count). The van der Waals surface area contributed by atoms with E-state index < -0.39 is 0 Å². The van der Waals surface area contributed by atoms with Gasteiger partial charge in [0.25, 0.3) is 11.5 Å². The standard InChI is InChI=1S/C17H21N3O3/c1-17(2,10-11-21)12-18-16(23)14-8-9-15(22)20(19-14)13-6-4-3-5-7-13/h3-9,21H,10-12H2,1-2H3,(H,18,23). The van der Waals surface area contributed by atoms with Gasteiger partial charge in [0.2, 0.25) is 0 Å². The average Bonchev–Trinajstić information content (AvgIpc) is 2.54. The van der Waals surface area contributed by atoms with Gasteiger partial charge in [0.1, 0.15) is 5.69 Å². The molecule has 23 heavy (non-hydrogen) atoms. The summed E-state index contributed by atoms with van der Waals surface area (Å²) in [5.41, 5.74) is 0.271. The Labute approximate surface area is 134 Å². The molecule has 1 amide bonds. The van der Waals surface area contributed by atoms with Gasteiger partial charge in [-0.05, 0) is 30.0 Å². The molecule has 0 aliphatic rings. The van der Waals surface area contributed by atoms with Gasteiger partial charge in [-0.3, -0.25) is 9.59 Å². The van der Waals surface area contributed by atoms with Crippen molar-refractivity contribution in [2.45, 2.75) is 20.3 Å². The van der Waals surface area contributed by atoms with Gasteiger partial charge < -0.3 is 10.4 Å².